The Morgan fingerprint density at radius 3 is 3.06 bits per heavy atom. The van der Waals surface area contributed by atoms with Gasteiger partial charge in [0, 0.05) is 19.0 Å². The molecule has 1 saturated heterocycles. The Labute approximate surface area is 116 Å². The highest BCUT2D eigenvalue weighted by Gasteiger charge is 2.29. The van der Waals surface area contributed by atoms with Crippen molar-refractivity contribution in [1.29, 1.82) is 0 Å². The maximum Gasteiger partial charge on any atom is 0.267 e. The van der Waals surface area contributed by atoms with Gasteiger partial charge in [0.1, 0.15) is 4.88 Å². The molecule has 1 atom stereocenters. The predicted molar refractivity (Wildman–Crippen MR) is 73.3 cm³/mol. The summed E-state index contributed by atoms with van der Waals surface area (Å²) in [5.74, 6) is 1.55. The third-order valence-electron chi connectivity index (χ3n) is 3.34. The quantitative estimate of drug-likeness (QED) is 0.800. The average molecular weight is 288 g/mol. The molecule has 2 rings (SSSR count). The third-order valence-corrected chi connectivity index (χ3v) is 4.29. The van der Waals surface area contributed by atoms with Crippen LogP contribution in [0.2, 0.25) is 0 Å². The topological polar surface area (TPSA) is 46.1 Å². The minimum Gasteiger partial charge on any atom is -0.338 e. The van der Waals surface area contributed by atoms with Crippen LogP contribution in [0.15, 0.2) is 0 Å². The molecular weight excluding hydrogens is 270 g/mol. The van der Waals surface area contributed by atoms with Crippen LogP contribution in [0.1, 0.15) is 48.0 Å². The second kappa shape index (κ2) is 5.97. The number of alkyl halides is 1. The summed E-state index contributed by atoms with van der Waals surface area (Å²) < 4.78 is 3.91. The number of aromatic nitrogens is 2. The summed E-state index contributed by atoms with van der Waals surface area (Å²) in [4.78, 5) is 15.0. The molecule has 0 aliphatic carbocycles. The number of hydrogen-bond acceptors (Lipinski definition) is 4. The van der Waals surface area contributed by atoms with Gasteiger partial charge in [0.05, 0.1) is 5.69 Å². The lowest BCUT2D eigenvalue weighted by Crippen LogP contribution is -2.29. The third kappa shape index (κ3) is 2.83. The Morgan fingerprint density at radius 1 is 1.61 bits per heavy atom. The van der Waals surface area contributed by atoms with E-state index >= 15 is 0 Å². The molecule has 4 nitrogen and oxygen atoms in total. The first-order valence-electron chi connectivity index (χ1n) is 6.31. The van der Waals surface area contributed by atoms with E-state index in [2.05, 4.69) is 9.59 Å². The van der Waals surface area contributed by atoms with Gasteiger partial charge in [-0.3, -0.25) is 4.79 Å². The number of carbonyl (C=O) groups excluding carboxylic acids is 1. The fourth-order valence-electron chi connectivity index (χ4n) is 2.27. The van der Waals surface area contributed by atoms with E-state index in [1.807, 2.05) is 18.7 Å². The molecule has 0 radical (unpaired) electrons. The summed E-state index contributed by atoms with van der Waals surface area (Å²) >= 11 is 6.96. The Morgan fingerprint density at radius 2 is 2.39 bits per heavy atom. The fourth-order valence-corrected chi connectivity index (χ4v) is 3.37. The Hall–Kier alpha value is -0.680. The van der Waals surface area contributed by atoms with Gasteiger partial charge >= 0.3 is 0 Å². The summed E-state index contributed by atoms with van der Waals surface area (Å²) in [5.41, 5.74) is 0.825. The van der Waals surface area contributed by atoms with Gasteiger partial charge in [0.25, 0.3) is 5.91 Å². The van der Waals surface area contributed by atoms with Gasteiger partial charge in [-0.2, -0.15) is 0 Å². The largest absolute Gasteiger partial charge is 0.338 e. The number of halogens is 1. The summed E-state index contributed by atoms with van der Waals surface area (Å²) in [6.45, 7) is 5.72. The Kier molecular flexibility index (Phi) is 4.56. The molecule has 0 N–H and O–H groups in total. The van der Waals surface area contributed by atoms with Gasteiger partial charge in [-0.1, -0.05) is 18.3 Å². The number of likely N-dealkylation sites (tertiary alicyclic amines) is 1. The molecule has 100 valence electrons. The minimum absolute atomic E-state index is 0.0887. The number of nitrogens with zero attached hydrogens (tertiary/aromatic N) is 3. The molecule has 0 aromatic carbocycles. The molecule has 1 aliphatic heterocycles. The second-order valence-corrected chi connectivity index (χ2v) is 6.16. The van der Waals surface area contributed by atoms with Crippen molar-refractivity contribution in [2.45, 2.75) is 32.6 Å². The van der Waals surface area contributed by atoms with Crippen molar-refractivity contribution < 1.29 is 4.79 Å². The second-order valence-electron chi connectivity index (χ2n) is 5.03. The zero-order chi connectivity index (χ0) is 13.1. The standard InChI is InChI=1S/C12H18ClN3OS/c1-8(2)10-11(18-15-14-10)12(17)16-6-4-9(7-16)3-5-13/h8-9H,3-7H2,1-2H3. The van der Waals surface area contributed by atoms with Gasteiger partial charge in [-0.05, 0) is 36.2 Å². The lowest BCUT2D eigenvalue weighted by atomic mass is 10.1. The zero-order valence-corrected chi connectivity index (χ0v) is 12.3. The molecular formula is C12H18ClN3OS. The van der Waals surface area contributed by atoms with E-state index < -0.39 is 0 Å². The lowest BCUT2D eigenvalue weighted by molar-refractivity contribution is 0.0790. The van der Waals surface area contributed by atoms with Crippen molar-refractivity contribution in [1.82, 2.24) is 14.5 Å². The normalized spacial score (nSPS) is 19.8. The van der Waals surface area contributed by atoms with Crippen LogP contribution in [0.25, 0.3) is 0 Å². The summed E-state index contributed by atoms with van der Waals surface area (Å²) in [6, 6.07) is 0. The van der Waals surface area contributed by atoms with E-state index in [9.17, 15) is 4.79 Å². The van der Waals surface area contributed by atoms with Gasteiger partial charge in [0.2, 0.25) is 0 Å². The molecule has 6 heteroatoms. The molecule has 1 amide bonds. The molecule has 1 aromatic heterocycles. The van der Waals surface area contributed by atoms with E-state index in [1.54, 1.807) is 0 Å². The lowest BCUT2D eigenvalue weighted by Gasteiger charge is -2.16. The number of rotatable bonds is 4. The van der Waals surface area contributed by atoms with Crippen molar-refractivity contribution in [2.75, 3.05) is 19.0 Å². The Balaban J connectivity index is 2.06. The van der Waals surface area contributed by atoms with Crippen molar-refractivity contribution in [3.63, 3.8) is 0 Å². The molecule has 0 bridgehead atoms. The van der Waals surface area contributed by atoms with Crippen LogP contribution in [0.4, 0.5) is 0 Å². The fraction of sp³-hybridized carbons (Fsp3) is 0.750. The highest BCUT2D eigenvalue weighted by atomic mass is 35.5. The Bertz CT molecular complexity index is 421. The van der Waals surface area contributed by atoms with Crippen LogP contribution < -0.4 is 0 Å². The van der Waals surface area contributed by atoms with Crippen molar-refractivity contribution >= 4 is 29.0 Å². The van der Waals surface area contributed by atoms with Crippen molar-refractivity contribution in [3.8, 4) is 0 Å². The molecule has 18 heavy (non-hydrogen) atoms. The molecule has 1 unspecified atom stereocenters. The van der Waals surface area contributed by atoms with Crippen LogP contribution in [0.5, 0.6) is 0 Å². The van der Waals surface area contributed by atoms with Gasteiger partial charge in [-0.25, -0.2) is 0 Å². The van der Waals surface area contributed by atoms with E-state index in [-0.39, 0.29) is 11.8 Å². The van der Waals surface area contributed by atoms with Crippen LogP contribution >= 0.6 is 23.1 Å². The number of carbonyl (C=O) groups is 1. The first kappa shape index (κ1) is 13.7. The van der Waals surface area contributed by atoms with Gasteiger partial charge in [-0.15, -0.1) is 16.7 Å². The van der Waals surface area contributed by atoms with Crippen molar-refractivity contribution in [2.24, 2.45) is 5.92 Å². The highest BCUT2D eigenvalue weighted by Crippen LogP contribution is 2.26. The summed E-state index contributed by atoms with van der Waals surface area (Å²) in [5, 5.41) is 4.06. The smallest absolute Gasteiger partial charge is 0.267 e. The maximum absolute atomic E-state index is 12.4. The van der Waals surface area contributed by atoms with Crippen LogP contribution in [0, 0.1) is 5.92 Å². The van der Waals surface area contributed by atoms with Crippen LogP contribution in [0.3, 0.4) is 0 Å². The van der Waals surface area contributed by atoms with Crippen molar-refractivity contribution in [3.05, 3.63) is 10.6 Å². The maximum atomic E-state index is 12.4. The van der Waals surface area contributed by atoms with Gasteiger partial charge < -0.3 is 4.90 Å². The molecule has 0 spiro atoms. The highest BCUT2D eigenvalue weighted by molar-refractivity contribution is 7.08. The first-order valence-corrected chi connectivity index (χ1v) is 7.61. The summed E-state index contributed by atoms with van der Waals surface area (Å²) in [6.07, 6.45) is 2.05. The van der Waals surface area contributed by atoms with E-state index in [1.165, 1.54) is 11.5 Å². The molecule has 2 heterocycles. The van der Waals surface area contributed by atoms with Crippen LogP contribution in [-0.4, -0.2) is 39.4 Å². The number of amides is 1. The molecule has 1 aromatic rings. The predicted octanol–water partition coefficient (Wildman–Crippen LogP) is 2.75. The molecule has 0 saturated carbocycles. The van der Waals surface area contributed by atoms with E-state index in [0.29, 0.717) is 16.7 Å². The minimum atomic E-state index is 0.0887. The van der Waals surface area contributed by atoms with E-state index in [0.717, 1.165) is 31.6 Å². The summed E-state index contributed by atoms with van der Waals surface area (Å²) in [7, 11) is 0. The number of hydrogen-bond donors (Lipinski definition) is 0. The van der Waals surface area contributed by atoms with E-state index in [4.69, 9.17) is 11.6 Å². The average Bonchev–Trinajstić information content (AvgIpc) is 2.96. The zero-order valence-electron chi connectivity index (χ0n) is 10.7. The van der Waals surface area contributed by atoms with Crippen LogP contribution in [-0.2, 0) is 0 Å². The molecule has 1 fully saturated rings. The monoisotopic (exact) mass is 287 g/mol. The first-order chi connectivity index (χ1) is 8.63. The van der Waals surface area contributed by atoms with Gasteiger partial charge in [0.15, 0.2) is 0 Å². The SMILES string of the molecule is CC(C)c1nnsc1C(=O)N1CCC(CCCl)C1. The molecule has 1 aliphatic rings.